The Morgan fingerprint density at radius 2 is 1.83 bits per heavy atom. The lowest BCUT2D eigenvalue weighted by Crippen LogP contribution is -2.31. The van der Waals surface area contributed by atoms with Crippen LogP contribution >= 0.6 is 0 Å². The first-order valence-electron chi connectivity index (χ1n) is 6.37. The van der Waals surface area contributed by atoms with Crippen molar-refractivity contribution < 1.29 is 13.2 Å². The summed E-state index contributed by atoms with van der Waals surface area (Å²) < 4.78 is 38.5. The van der Waals surface area contributed by atoms with Crippen LogP contribution in [0.5, 0.6) is 0 Å². The smallest absolute Gasteiger partial charge is 0.314 e. The number of nitrogens with one attached hydrogen (secondary N) is 1. The van der Waals surface area contributed by atoms with Crippen LogP contribution in [0.2, 0.25) is 0 Å². The van der Waals surface area contributed by atoms with Gasteiger partial charge in [-0.1, -0.05) is 32.0 Å². The Labute approximate surface area is 106 Å². The van der Waals surface area contributed by atoms with Crippen molar-refractivity contribution in [2.45, 2.75) is 45.3 Å². The minimum absolute atomic E-state index is 0.105. The molecule has 0 bridgehead atoms. The second-order valence-electron chi connectivity index (χ2n) is 4.42. The molecule has 0 fully saturated rings. The lowest BCUT2D eigenvalue weighted by atomic mass is 9.98. The largest absolute Gasteiger partial charge is 0.416 e. The van der Waals surface area contributed by atoms with Gasteiger partial charge in [-0.05, 0) is 37.4 Å². The molecule has 0 aromatic heterocycles. The van der Waals surface area contributed by atoms with E-state index in [-0.39, 0.29) is 6.04 Å². The van der Waals surface area contributed by atoms with E-state index in [9.17, 15) is 13.2 Å². The first-order valence-corrected chi connectivity index (χ1v) is 6.37. The number of hydrogen-bond acceptors (Lipinski definition) is 1. The predicted octanol–water partition coefficient (Wildman–Crippen LogP) is 4.03. The molecule has 102 valence electrons. The summed E-state index contributed by atoms with van der Waals surface area (Å²) in [6.45, 7) is 4.87. The Morgan fingerprint density at radius 3 is 2.39 bits per heavy atom. The van der Waals surface area contributed by atoms with Crippen LogP contribution in [0.25, 0.3) is 0 Å². The molecule has 0 aliphatic heterocycles. The summed E-state index contributed by atoms with van der Waals surface area (Å²) in [5.74, 6) is 0. The molecule has 1 unspecified atom stereocenters. The molecule has 0 heterocycles. The molecule has 1 rings (SSSR count). The normalized spacial score (nSPS) is 13.6. The zero-order chi connectivity index (χ0) is 13.6. The van der Waals surface area contributed by atoms with E-state index < -0.39 is 11.7 Å². The third-order valence-corrected chi connectivity index (χ3v) is 2.96. The van der Waals surface area contributed by atoms with E-state index in [2.05, 4.69) is 5.32 Å². The summed E-state index contributed by atoms with van der Waals surface area (Å²) >= 11 is 0. The Bertz CT molecular complexity index is 360. The van der Waals surface area contributed by atoms with Crippen molar-refractivity contribution in [2.24, 2.45) is 0 Å². The second-order valence-corrected chi connectivity index (χ2v) is 4.42. The maximum atomic E-state index is 12.8. The van der Waals surface area contributed by atoms with E-state index in [0.29, 0.717) is 12.0 Å². The third-order valence-electron chi connectivity index (χ3n) is 2.96. The molecule has 4 heteroatoms. The fraction of sp³-hybridized carbons (Fsp3) is 0.571. The third kappa shape index (κ3) is 4.33. The average molecular weight is 259 g/mol. The molecule has 1 aromatic carbocycles. The molecule has 0 aliphatic rings. The van der Waals surface area contributed by atoms with Gasteiger partial charge in [0.1, 0.15) is 0 Å². The van der Waals surface area contributed by atoms with E-state index in [4.69, 9.17) is 0 Å². The van der Waals surface area contributed by atoms with Gasteiger partial charge in [0.15, 0.2) is 0 Å². The van der Waals surface area contributed by atoms with E-state index in [1.807, 2.05) is 13.8 Å². The summed E-state index contributed by atoms with van der Waals surface area (Å²) in [6, 6.07) is 5.93. The van der Waals surface area contributed by atoms with Gasteiger partial charge in [0.05, 0.1) is 5.56 Å². The number of rotatable bonds is 6. The van der Waals surface area contributed by atoms with Gasteiger partial charge in [0, 0.05) is 6.04 Å². The van der Waals surface area contributed by atoms with Gasteiger partial charge >= 0.3 is 6.18 Å². The van der Waals surface area contributed by atoms with Crippen molar-refractivity contribution in [1.29, 1.82) is 0 Å². The van der Waals surface area contributed by atoms with Crippen LogP contribution in [0.15, 0.2) is 24.3 Å². The highest BCUT2D eigenvalue weighted by Crippen LogP contribution is 2.32. The molecule has 1 N–H and O–H groups in total. The quantitative estimate of drug-likeness (QED) is 0.813. The van der Waals surface area contributed by atoms with Gasteiger partial charge in [0.2, 0.25) is 0 Å². The summed E-state index contributed by atoms with van der Waals surface area (Å²) in [5.41, 5.74) is -0.137. The first kappa shape index (κ1) is 15.0. The molecule has 1 atom stereocenters. The topological polar surface area (TPSA) is 12.0 Å². The van der Waals surface area contributed by atoms with Gasteiger partial charge in [-0.2, -0.15) is 13.2 Å². The highest BCUT2D eigenvalue weighted by molar-refractivity contribution is 5.30. The molecule has 0 spiro atoms. The number of hydrogen-bond donors (Lipinski definition) is 1. The maximum absolute atomic E-state index is 12.8. The van der Waals surface area contributed by atoms with E-state index >= 15 is 0 Å². The second kappa shape index (κ2) is 6.78. The minimum atomic E-state index is -4.26. The van der Waals surface area contributed by atoms with Crippen molar-refractivity contribution in [1.82, 2.24) is 5.32 Å². The van der Waals surface area contributed by atoms with Crippen molar-refractivity contribution in [3.63, 3.8) is 0 Å². The van der Waals surface area contributed by atoms with Gasteiger partial charge < -0.3 is 5.32 Å². The minimum Gasteiger partial charge on any atom is -0.314 e. The molecule has 18 heavy (non-hydrogen) atoms. The molecule has 0 saturated heterocycles. The summed E-state index contributed by atoms with van der Waals surface area (Å²) in [4.78, 5) is 0. The maximum Gasteiger partial charge on any atom is 0.416 e. The summed E-state index contributed by atoms with van der Waals surface area (Å²) in [6.07, 6.45) is -2.03. The molecule has 0 saturated carbocycles. The van der Waals surface area contributed by atoms with Gasteiger partial charge in [0.25, 0.3) is 0 Å². The Hall–Kier alpha value is -1.03. The van der Waals surface area contributed by atoms with E-state index in [0.717, 1.165) is 25.5 Å². The Morgan fingerprint density at radius 1 is 1.17 bits per heavy atom. The van der Waals surface area contributed by atoms with Crippen LogP contribution < -0.4 is 5.32 Å². The summed E-state index contributed by atoms with van der Waals surface area (Å²) in [5, 5.41) is 3.28. The van der Waals surface area contributed by atoms with Gasteiger partial charge in [-0.15, -0.1) is 0 Å². The van der Waals surface area contributed by atoms with Crippen molar-refractivity contribution >= 4 is 0 Å². The van der Waals surface area contributed by atoms with Crippen LogP contribution in [0, 0.1) is 0 Å². The molecule has 0 aliphatic carbocycles. The highest BCUT2D eigenvalue weighted by Gasteiger charge is 2.33. The monoisotopic (exact) mass is 259 g/mol. The van der Waals surface area contributed by atoms with E-state index in [1.54, 1.807) is 12.1 Å². The fourth-order valence-corrected chi connectivity index (χ4v) is 1.95. The predicted molar refractivity (Wildman–Crippen MR) is 67.5 cm³/mol. The zero-order valence-corrected chi connectivity index (χ0v) is 10.8. The number of alkyl halides is 3. The average Bonchev–Trinajstić information content (AvgIpc) is 2.33. The Balaban J connectivity index is 2.82. The SMILES string of the molecule is CCCNC(CC)Cc1ccccc1C(F)(F)F. The fourth-order valence-electron chi connectivity index (χ4n) is 1.95. The lowest BCUT2D eigenvalue weighted by Gasteiger charge is -2.19. The van der Waals surface area contributed by atoms with Crippen molar-refractivity contribution in [2.75, 3.05) is 6.54 Å². The van der Waals surface area contributed by atoms with Crippen LogP contribution in [-0.2, 0) is 12.6 Å². The summed E-state index contributed by atoms with van der Waals surface area (Å²) in [7, 11) is 0. The highest BCUT2D eigenvalue weighted by atomic mass is 19.4. The molecule has 0 radical (unpaired) electrons. The Kier molecular flexibility index (Phi) is 5.66. The van der Waals surface area contributed by atoms with Crippen LogP contribution in [0.1, 0.15) is 37.8 Å². The van der Waals surface area contributed by atoms with Crippen LogP contribution in [-0.4, -0.2) is 12.6 Å². The zero-order valence-electron chi connectivity index (χ0n) is 10.8. The van der Waals surface area contributed by atoms with Gasteiger partial charge in [-0.25, -0.2) is 0 Å². The number of halogens is 3. The molecule has 0 amide bonds. The molecule has 1 nitrogen and oxygen atoms in total. The standard InChI is InChI=1S/C14H20F3N/c1-3-9-18-12(4-2)10-11-7-5-6-8-13(11)14(15,16)17/h5-8,12,18H,3-4,9-10H2,1-2H3. The van der Waals surface area contributed by atoms with Gasteiger partial charge in [-0.3, -0.25) is 0 Å². The van der Waals surface area contributed by atoms with E-state index in [1.165, 1.54) is 6.07 Å². The van der Waals surface area contributed by atoms with Crippen LogP contribution in [0.4, 0.5) is 13.2 Å². The molecular formula is C14H20F3N. The number of benzene rings is 1. The van der Waals surface area contributed by atoms with Crippen LogP contribution in [0.3, 0.4) is 0 Å². The van der Waals surface area contributed by atoms with Crippen molar-refractivity contribution in [3.8, 4) is 0 Å². The molecular weight excluding hydrogens is 239 g/mol. The van der Waals surface area contributed by atoms with Crippen molar-refractivity contribution in [3.05, 3.63) is 35.4 Å². The lowest BCUT2D eigenvalue weighted by molar-refractivity contribution is -0.138. The first-order chi connectivity index (χ1) is 8.49. The molecule has 1 aromatic rings.